The van der Waals surface area contributed by atoms with E-state index in [2.05, 4.69) is 4.99 Å². The van der Waals surface area contributed by atoms with E-state index in [-0.39, 0.29) is 23.0 Å². The van der Waals surface area contributed by atoms with Crippen molar-refractivity contribution < 1.29 is 4.39 Å². The van der Waals surface area contributed by atoms with Crippen molar-refractivity contribution >= 4 is 23.1 Å². The third-order valence-corrected chi connectivity index (χ3v) is 2.07. The van der Waals surface area contributed by atoms with Gasteiger partial charge >= 0.3 is 0 Å². The number of aliphatic imine (C=N–C) groups is 1. The molecule has 0 aliphatic carbocycles. The highest BCUT2D eigenvalue weighted by molar-refractivity contribution is 6.28. The molecule has 1 aromatic carbocycles. The van der Waals surface area contributed by atoms with Crippen LogP contribution < -0.4 is 5.73 Å². The van der Waals surface area contributed by atoms with Crippen LogP contribution in [0.2, 0.25) is 0 Å². The van der Waals surface area contributed by atoms with E-state index >= 15 is 0 Å². The minimum atomic E-state index is -0.421. The fourth-order valence-corrected chi connectivity index (χ4v) is 1.10. The minimum absolute atomic E-state index is 0.0420. The van der Waals surface area contributed by atoms with Crippen LogP contribution in [0.25, 0.3) is 0 Å². The van der Waals surface area contributed by atoms with E-state index in [0.29, 0.717) is 5.56 Å². The first-order valence-electron chi connectivity index (χ1n) is 4.17. The van der Waals surface area contributed by atoms with Crippen LogP contribution in [0.1, 0.15) is 11.1 Å². The van der Waals surface area contributed by atoms with Crippen LogP contribution >= 0.6 is 11.6 Å². The van der Waals surface area contributed by atoms with Gasteiger partial charge in [0.2, 0.25) is 0 Å². The molecular weight excluding hydrogens is 217 g/mol. The van der Waals surface area contributed by atoms with Crippen LogP contribution in [0.4, 0.5) is 10.1 Å². The summed E-state index contributed by atoms with van der Waals surface area (Å²) >= 11 is 5.44. The number of aryl methyl sites for hydroxylation is 1. The van der Waals surface area contributed by atoms with E-state index < -0.39 is 5.82 Å². The van der Waals surface area contributed by atoms with Crippen molar-refractivity contribution in [1.29, 1.82) is 5.26 Å². The summed E-state index contributed by atoms with van der Waals surface area (Å²) in [7, 11) is 0. The number of hydrogen-bond acceptors (Lipinski definition) is 2. The molecule has 0 aliphatic rings. The van der Waals surface area contributed by atoms with Gasteiger partial charge in [-0.3, -0.25) is 0 Å². The number of amidine groups is 1. The molecule has 0 bridgehead atoms. The van der Waals surface area contributed by atoms with E-state index in [1.165, 1.54) is 12.1 Å². The molecule has 0 amide bonds. The molecule has 0 aliphatic heterocycles. The van der Waals surface area contributed by atoms with Crippen molar-refractivity contribution in [3.05, 3.63) is 29.1 Å². The number of nitriles is 1. The Balaban J connectivity index is 3.30. The van der Waals surface area contributed by atoms with Crippen molar-refractivity contribution in [3.63, 3.8) is 0 Å². The summed E-state index contributed by atoms with van der Waals surface area (Å²) in [5.41, 5.74) is 6.29. The fraction of sp³-hybridized carbons (Fsp3) is 0.200. The van der Waals surface area contributed by atoms with Gasteiger partial charge in [0.05, 0.1) is 17.1 Å². The number of halogens is 2. The van der Waals surface area contributed by atoms with Crippen LogP contribution in [0.5, 0.6) is 0 Å². The number of benzene rings is 1. The van der Waals surface area contributed by atoms with Gasteiger partial charge in [0, 0.05) is 6.07 Å². The Morgan fingerprint density at radius 2 is 2.33 bits per heavy atom. The summed E-state index contributed by atoms with van der Waals surface area (Å²) in [6.45, 7) is 1.58. The Morgan fingerprint density at radius 3 is 2.87 bits per heavy atom. The van der Waals surface area contributed by atoms with E-state index in [0.717, 1.165) is 0 Å². The number of alkyl halides is 1. The number of nitrogens with zero attached hydrogens (tertiary/aromatic N) is 2. The second-order valence-corrected chi connectivity index (χ2v) is 3.23. The first-order chi connectivity index (χ1) is 7.08. The zero-order valence-electron chi connectivity index (χ0n) is 8.09. The Hall–Kier alpha value is -1.60. The molecule has 0 radical (unpaired) electrons. The van der Waals surface area contributed by atoms with Gasteiger partial charge in [-0.2, -0.15) is 5.26 Å². The zero-order chi connectivity index (χ0) is 11.4. The van der Waals surface area contributed by atoms with E-state index in [4.69, 9.17) is 22.6 Å². The van der Waals surface area contributed by atoms with Crippen LogP contribution in [-0.4, -0.2) is 11.7 Å². The second-order valence-electron chi connectivity index (χ2n) is 2.97. The molecule has 1 aromatic rings. The number of nitrogens with two attached hydrogens (primary N) is 1. The van der Waals surface area contributed by atoms with Crippen molar-refractivity contribution in [2.45, 2.75) is 6.92 Å². The highest BCUT2D eigenvalue weighted by Crippen LogP contribution is 2.22. The molecule has 3 nitrogen and oxygen atoms in total. The lowest BCUT2D eigenvalue weighted by molar-refractivity contribution is 0.618. The van der Waals surface area contributed by atoms with Gasteiger partial charge < -0.3 is 5.73 Å². The number of hydrogen-bond donors (Lipinski definition) is 1. The van der Waals surface area contributed by atoms with Gasteiger partial charge in [0.25, 0.3) is 0 Å². The predicted octanol–water partition coefficient (Wildman–Crippen LogP) is 2.23. The molecule has 5 heteroatoms. The standard InChI is InChI=1S/C10H9ClFN3/c1-6-2-7(5-13)9(3-8(6)12)15-10(14)4-11/h2-3H,4H2,1H3,(H2,14,15). The summed E-state index contributed by atoms with van der Waals surface area (Å²) in [5.74, 6) is -0.230. The van der Waals surface area contributed by atoms with Gasteiger partial charge in [-0.15, -0.1) is 11.6 Å². The summed E-state index contributed by atoms with van der Waals surface area (Å²) in [6.07, 6.45) is 0. The summed E-state index contributed by atoms with van der Waals surface area (Å²) in [4.78, 5) is 3.85. The van der Waals surface area contributed by atoms with Gasteiger partial charge in [-0.25, -0.2) is 9.38 Å². The zero-order valence-corrected chi connectivity index (χ0v) is 8.85. The van der Waals surface area contributed by atoms with Crippen LogP contribution in [0, 0.1) is 24.1 Å². The molecule has 2 N–H and O–H groups in total. The highest BCUT2D eigenvalue weighted by Gasteiger charge is 2.06. The summed E-state index contributed by atoms with van der Waals surface area (Å²) in [6, 6.07) is 4.52. The average Bonchev–Trinajstić information content (AvgIpc) is 2.22. The summed E-state index contributed by atoms with van der Waals surface area (Å²) < 4.78 is 13.2. The molecule has 78 valence electrons. The quantitative estimate of drug-likeness (QED) is 0.477. The minimum Gasteiger partial charge on any atom is -0.386 e. The molecule has 0 spiro atoms. The fourth-order valence-electron chi connectivity index (χ4n) is 1.04. The molecule has 0 heterocycles. The Bertz CT molecular complexity index is 449. The van der Waals surface area contributed by atoms with E-state index in [1.807, 2.05) is 6.07 Å². The van der Waals surface area contributed by atoms with Gasteiger partial charge in [0.1, 0.15) is 17.7 Å². The topological polar surface area (TPSA) is 62.2 Å². The lowest BCUT2D eigenvalue weighted by Gasteiger charge is -2.02. The smallest absolute Gasteiger partial charge is 0.128 e. The first-order valence-corrected chi connectivity index (χ1v) is 4.71. The largest absolute Gasteiger partial charge is 0.386 e. The van der Waals surface area contributed by atoms with Crippen LogP contribution in [-0.2, 0) is 0 Å². The van der Waals surface area contributed by atoms with E-state index in [9.17, 15) is 4.39 Å². The van der Waals surface area contributed by atoms with E-state index in [1.54, 1.807) is 6.92 Å². The second kappa shape index (κ2) is 4.76. The van der Waals surface area contributed by atoms with Crippen molar-refractivity contribution in [3.8, 4) is 6.07 Å². The third kappa shape index (κ3) is 2.67. The normalized spacial score (nSPS) is 11.2. The molecule has 1 rings (SSSR count). The maximum Gasteiger partial charge on any atom is 0.128 e. The average molecular weight is 226 g/mol. The Morgan fingerprint density at radius 1 is 1.67 bits per heavy atom. The summed E-state index contributed by atoms with van der Waals surface area (Å²) in [5, 5.41) is 8.80. The maximum atomic E-state index is 13.2. The van der Waals surface area contributed by atoms with Crippen LogP contribution in [0.15, 0.2) is 17.1 Å². The van der Waals surface area contributed by atoms with Crippen molar-refractivity contribution in [2.75, 3.05) is 5.88 Å². The van der Waals surface area contributed by atoms with Crippen molar-refractivity contribution in [1.82, 2.24) is 0 Å². The predicted molar refractivity (Wildman–Crippen MR) is 57.9 cm³/mol. The molecule has 0 atom stereocenters. The molecule has 0 fully saturated rings. The Labute approximate surface area is 92.0 Å². The SMILES string of the molecule is Cc1cc(C#N)c(N=C(N)CCl)cc1F. The molecule has 0 saturated carbocycles. The lowest BCUT2D eigenvalue weighted by atomic mass is 10.1. The lowest BCUT2D eigenvalue weighted by Crippen LogP contribution is -2.12. The van der Waals surface area contributed by atoms with Gasteiger partial charge in [-0.05, 0) is 18.6 Å². The Kier molecular flexibility index (Phi) is 3.64. The molecule has 0 unspecified atom stereocenters. The molecule has 0 saturated heterocycles. The van der Waals surface area contributed by atoms with Crippen LogP contribution in [0.3, 0.4) is 0 Å². The van der Waals surface area contributed by atoms with Crippen molar-refractivity contribution in [2.24, 2.45) is 10.7 Å². The van der Waals surface area contributed by atoms with Gasteiger partial charge in [0.15, 0.2) is 0 Å². The monoisotopic (exact) mass is 225 g/mol. The first kappa shape index (κ1) is 11.5. The third-order valence-electron chi connectivity index (χ3n) is 1.80. The highest BCUT2D eigenvalue weighted by atomic mass is 35.5. The number of rotatable bonds is 2. The molecule has 0 aromatic heterocycles. The van der Waals surface area contributed by atoms with Gasteiger partial charge in [-0.1, -0.05) is 0 Å². The molecular formula is C10H9ClFN3. The maximum absolute atomic E-state index is 13.2. The molecule has 15 heavy (non-hydrogen) atoms.